The quantitative estimate of drug-likeness (QED) is 0.391. The van der Waals surface area contributed by atoms with Gasteiger partial charge in [-0.1, -0.05) is 27.5 Å². The third-order valence-corrected chi connectivity index (χ3v) is 4.68. The van der Waals surface area contributed by atoms with Crippen molar-refractivity contribution in [1.82, 2.24) is 5.43 Å². The van der Waals surface area contributed by atoms with Gasteiger partial charge in [0.1, 0.15) is 5.82 Å². The molecule has 2 rings (SSSR count). The van der Waals surface area contributed by atoms with Crippen molar-refractivity contribution in [3.63, 3.8) is 0 Å². The topological polar surface area (TPSA) is 38.0 Å². The third kappa shape index (κ3) is 3.92. The van der Waals surface area contributed by atoms with Gasteiger partial charge in [-0.25, -0.2) is 4.39 Å². The molecule has 0 aliphatic heterocycles. The zero-order valence-corrected chi connectivity index (χ0v) is 14.8. The maximum Gasteiger partial charge on any atom is 0.126 e. The van der Waals surface area contributed by atoms with Gasteiger partial charge in [0.2, 0.25) is 0 Å². The van der Waals surface area contributed by atoms with Gasteiger partial charge >= 0.3 is 0 Å². The number of hydrogen-bond acceptors (Lipinski definition) is 2. The minimum absolute atomic E-state index is 0.188. The van der Waals surface area contributed by atoms with Crippen LogP contribution in [0.4, 0.5) is 4.39 Å². The number of hydrogen-bond donors (Lipinski definition) is 2. The van der Waals surface area contributed by atoms with Crippen LogP contribution in [0, 0.1) is 9.39 Å². The highest BCUT2D eigenvalue weighted by Gasteiger charge is 2.16. The zero-order chi connectivity index (χ0) is 14.7. The molecule has 0 saturated heterocycles. The van der Waals surface area contributed by atoms with E-state index in [9.17, 15) is 4.39 Å². The Labute approximate surface area is 144 Å². The van der Waals surface area contributed by atoms with Crippen LogP contribution < -0.4 is 11.3 Å². The molecule has 1 unspecified atom stereocenters. The highest BCUT2D eigenvalue weighted by Crippen LogP contribution is 2.27. The molecule has 3 N–H and O–H groups in total. The SMILES string of the molecule is NNC(Cc1cc(Cl)ccc1F)c1cc(Br)ccc1I. The largest absolute Gasteiger partial charge is 0.271 e. The van der Waals surface area contributed by atoms with E-state index in [1.807, 2.05) is 18.2 Å². The summed E-state index contributed by atoms with van der Waals surface area (Å²) in [5.41, 5.74) is 4.30. The van der Waals surface area contributed by atoms with E-state index in [2.05, 4.69) is 43.9 Å². The van der Waals surface area contributed by atoms with Gasteiger partial charge in [0.15, 0.2) is 0 Å². The first-order chi connectivity index (χ1) is 9.51. The molecule has 0 radical (unpaired) electrons. The normalized spacial score (nSPS) is 12.4. The van der Waals surface area contributed by atoms with Gasteiger partial charge in [-0.05, 0) is 76.5 Å². The number of nitrogens with two attached hydrogens (primary N) is 1. The molecule has 0 heterocycles. The fourth-order valence-electron chi connectivity index (χ4n) is 1.96. The number of hydrazine groups is 1. The lowest BCUT2D eigenvalue weighted by Crippen LogP contribution is -2.30. The second-order valence-electron chi connectivity index (χ2n) is 4.32. The summed E-state index contributed by atoms with van der Waals surface area (Å²) >= 11 is 11.6. The maximum atomic E-state index is 13.8. The van der Waals surface area contributed by atoms with Gasteiger partial charge < -0.3 is 0 Å². The van der Waals surface area contributed by atoms with Crippen molar-refractivity contribution < 1.29 is 4.39 Å². The van der Waals surface area contributed by atoms with Crippen LogP contribution in [-0.2, 0) is 6.42 Å². The smallest absolute Gasteiger partial charge is 0.126 e. The van der Waals surface area contributed by atoms with Crippen molar-refractivity contribution in [3.8, 4) is 0 Å². The molecule has 0 bridgehead atoms. The van der Waals surface area contributed by atoms with Crippen LogP contribution in [0.2, 0.25) is 5.02 Å². The van der Waals surface area contributed by atoms with Crippen molar-refractivity contribution in [2.75, 3.05) is 0 Å². The number of rotatable bonds is 4. The average Bonchev–Trinajstić information content (AvgIpc) is 2.42. The van der Waals surface area contributed by atoms with Crippen LogP contribution in [0.1, 0.15) is 17.2 Å². The molecule has 20 heavy (non-hydrogen) atoms. The summed E-state index contributed by atoms with van der Waals surface area (Å²) in [4.78, 5) is 0. The highest BCUT2D eigenvalue weighted by atomic mass is 127. The second kappa shape index (κ2) is 7.17. The molecular formula is C14H12BrClFIN2. The second-order valence-corrected chi connectivity index (χ2v) is 6.84. The molecule has 2 aromatic rings. The lowest BCUT2D eigenvalue weighted by molar-refractivity contribution is 0.527. The van der Waals surface area contributed by atoms with Crippen LogP contribution >= 0.6 is 50.1 Å². The van der Waals surface area contributed by atoms with E-state index >= 15 is 0 Å². The monoisotopic (exact) mass is 468 g/mol. The van der Waals surface area contributed by atoms with Gasteiger partial charge in [-0.15, -0.1) is 0 Å². The first kappa shape index (κ1) is 16.2. The predicted octanol–water partition coefficient (Wildman–Crippen LogP) is 4.59. The molecule has 106 valence electrons. The molecule has 2 nitrogen and oxygen atoms in total. The van der Waals surface area contributed by atoms with E-state index in [4.69, 9.17) is 17.4 Å². The van der Waals surface area contributed by atoms with Gasteiger partial charge in [-0.3, -0.25) is 11.3 Å². The Bertz CT molecular complexity index is 624. The molecule has 0 aliphatic rings. The number of benzene rings is 2. The number of nitrogens with one attached hydrogen (secondary N) is 1. The van der Waals surface area contributed by atoms with Gasteiger partial charge in [0.05, 0.1) is 6.04 Å². The van der Waals surface area contributed by atoms with Crippen LogP contribution in [0.3, 0.4) is 0 Å². The fourth-order valence-corrected chi connectivity index (χ4v) is 3.24. The number of halogens is 4. The summed E-state index contributed by atoms with van der Waals surface area (Å²) < 4.78 is 15.8. The molecule has 0 fully saturated rings. The molecule has 0 amide bonds. The summed E-state index contributed by atoms with van der Waals surface area (Å²) in [6.07, 6.45) is 0.426. The van der Waals surface area contributed by atoms with Crippen molar-refractivity contribution in [3.05, 3.63) is 66.4 Å². The first-order valence-corrected chi connectivity index (χ1v) is 8.11. The molecule has 0 aliphatic carbocycles. The maximum absolute atomic E-state index is 13.8. The van der Waals surface area contributed by atoms with Gasteiger partial charge in [0, 0.05) is 13.1 Å². The van der Waals surface area contributed by atoms with Crippen molar-refractivity contribution in [2.45, 2.75) is 12.5 Å². The van der Waals surface area contributed by atoms with Crippen LogP contribution in [0.25, 0.3) is 0 Å². The summed E-state index contributed by atoms with van der Waals surface area (Å²) in [6, 6.07) is 10.3. The highest BCUT2D eigenvalue weighted by molar-refractivity contribution is 14.1. The van der Waals surface area contributed by atoms with Crippen molar-refractivity contribution in [1.29, 1.82) is 0 Å². The summed E-state index contributed by atoms with van der Waals surface area (Å²) in [5.74, 6) is 5.36. The van der Waals surface area contributed by atoms with E-state index in [1.54, 1.807) is 6.07 Å². The van der Waals surface area contributed by atoms with E-state index in [0.29, 0.717) is 17.0 Å². The zero-order valence-electron chi connectivity index (χ0n) is 10.3. The molecule has 0 saturated carbocycles. The van der Waals surface area contributed by atoms with E-state index < -0.39 is 0 Å². The summed E-state index contributed by atoms with van der Waals surface area (Å²) in [6.45, 7) is 0. The first-order valence-electron chi connectivity index (χ1n) is 5.86. The van der Waals surface area contributed by atoms with E-state index in [-0.39, 0.29) is 11.9 Å². The lowest BCUT2D eigenvalue weighted by atomic mass is 9.99. The Hall–Kier alpha value is -0.210. The van der Waals surface area contributed by atoms with Crippen molar-refractivity contribution >= 4 is 50.1 Å². The summed E-state index contributed by atoms with van der Waals surface area (Å²) in [7, 11) is 0. The minimum atomic E-state index is -0.278. The van der Waals surface area contributed by atoms with Gasteiger partial charge in [0.25, 0.3) is 0 Å². The molecule has 6 heteroatoms. The molecular weight excluding hydrogens is 457 g/mol. The standard InChI is InChI=1S/C14H12BrClFIN2/c15-9-1-4-13(18)11(7-9)14(20-19)6-8-5-10(16)2-3-12(8)17/h1-5,7,14,20H,6,19H2. The molecule has 1 atom stereocenters. The molecule has 0 aromatic heterocycles. The predicted molar refractivity (Wildman–Crippen MR) is 92.0 cm³/mol. The summed E-state index contributed by atoms with van der Waals surface area (Å²) in [5, 5.41) is 0.515. The molecule has 2 aromatic carbocycles. The Balaban J connectivity index is 2.33. The fraction of sp³-hybridized carbons (Fsp3) is 0.143. The Kier molecular flexibility index (Phi) is 5.80. The van der Waals surface area contributed by atoms with E-state index in [0.717, 1.165) is 13.6 Å². The molecule has 0 spiro atoms. The Morgan fingerprint density at radius 2 is 2.05 bits per heavy atom. The van der Waals surface area contributed by atoms with Gasteiger partial charge in [-0.2, -0.15) is 0 Å². The van der Waals surface area contributed by atoms with Crippen LogP contribution in [0.5, 0.6) is 0 Å². The van der Waals surface area contributed by atoms with Crippen molar-refractivity contribution in [2.24, 2.45) is 5.84 Å². The third-order valence-electron chi connectivity index (χ3n) is 2.97. The van der Waals surface area contributed by atoms with Crippen LogP contribution in [-0.4, -0.2) is 0 Å². The minimum Gasteiger partial charge on any atom is -0.271 e. The average molecular weight is 470 g/mol. The van der Waals surface area contributed by atoms with E-state index in [1.165, 1.54) is 12.1 Å². The Morgan fingerprint density at radius 3 is 2.75 bits per heavy atom. The Morgan fingerprint density at radius 1 is 1.30 bits per heavy atom. The van der Waals surface area contributed by atoms with Crippen LogP contribution in [0.15, 0.2) is 40.9 Å². The lowest BCUT2D eigenvalue weighted by Gasteiger charge is -2.19.